The topological polar surface area (TPSA) is 96.3 Å². The SMILES string of the molecule is CC(=O)N[C@H]1CC[C@H](n2c(NC(C)C)nc3c(c2=O)C[C@@H](C)N(C(=O)c2ccc(Br)c(C(F)(F)F)c2)C3)CC1. The summed E-state index contributed by atoms with van der Waals surface area (Å²) >= 11 is 2.92. The molecule has 2 amide bonds. The lowest BCUT2D eigenvalue weighted by atomic mass is 9.90. The average Bonchev–Trinajstić information content (AvgIpc) is 2.84. The van der Waals surface area contributed by atoms with Crippen molar-refractivity contribution in [3.63, 3.8) is 0 Å². The van der Waals surface area contributed by atoms with Gasteiger partial charge in [0.15, 0.2) is 0 Å². The van der Waals surface area contributed by atoms with E-state index in [0.717, 1.165) is 18.9 Å². The first kappa shape index (κ1) is 29.1. The number of alkyl halides is 3. The van der Waals surface area contributed by atoms with Crippen LogP contribution in [0.5, 0.6) is 0 Å². The van der Waals surface area contributed by atoms with Gasteiger partial charge in [0.1, 0.15) is 0 Å². The number of hydrogen-bond acceptors (Lipinski definition) is 5. The molecule has 1 aliphatic carbocycles. The fourth-order valence-corrected chi connectivity index (χ4v) is 5.92. The summed E-state index contributed by atoms with van der Waals surface area (Å²) in [5, 5.41) is 6.23. The van der Waals surface area contributed by atoms with E-state index in [-0.39, 0.29) is 52.6 Å². The van der Waals surface area contributed by atoms with Crippen molar-refractivity contribution in [3.8, 4) is 0 Å². The van der Waals surface area contributed by atoms with Gasteiger partial charge in [0.05, 0.1) is 17.8 Å². The van der Waals surface area contributed by atoms with E-state index in [1.807, 2.05) is 13.8 Å². The third kappa shape index (κ3) is 6.31. The first-order valence-corrected chi connectivity index (χ1v) is 13.9. The van der Waals surface area contributed by atoms with E-state index >= 15 is 0 Å². The molecule has 0 unspecified atom stereocenters. The number of amides is 2. The van der Waals surface area contributed by atoms with Crippen LogP contribution in [-0.4, -0.2) is 44.4 Å². The zero-order valence-electron chi connectivity index (χ0n) is 22.4. The maximum Gasteiger partial charge on any atom is 0.417 e. The Balaban J connectivity index is 1.66. The number of carbonyl (C=O) groups excluding carboxylic acids is 2. The van der Waals surface area contributed by atoms with E-state index in [0.29, 0.717) is 30.0 Å². The minimum Gasteiger partial charge on any atom is -0.354 e. The Bertz CT molecular complexity index is 1320. The number of benzene rings is 1. The predicted octanol–water partition coefficient (Wildman–Crippen LogP) is 5.05. The zero-order chi connectivity index (χ0) is 28.6. The summed E-state index contributed by atoms with van der Waals surface area (Å²) in [4.78, 5) is 44.9. The van der Waals surface area contributed by atoms with Crippen LogP contribution in [0.4, 0.5) is 19.1 Å². The van der Waals surface area contributed by atoms with Gasteiger partial charge >= 0.3 is 6.18 Å². The Morgan fingerprint density at radius 2 is 1.82 bits per heavy atom. The van der Waals surface area contributed by atoms with Crippen LogP contribution in [0, 0.1) is 0 Å². The molecule has 2 N–H and O–H groups in total. The van der Waals surface area contributed by atoms with Crippen LogP contribution in [-0.2, 0) is 23.9 Å². The summed E-state index contributed by atoms with van der Waals surface area (Å²) in [5.41, 5.74) is -0.183. The molecule has 2 heterocycles. The molecule has 12 heteroatoms. The van der Waals surface area contributed by atoms with E-state index in [1.54, 1.807) is 11.5 Å². The zero-order valence-corrected chi connectivity index (χ0v) is 23.9. The van der Waals surface area contributed by atoms with Crippen molar-refractivity contribution in [2.75, 3.05) is 5.32 Å². The second-order valence-corrected chi connectivity index (χ2v) is 11.6. The lowest BCUT2D eigenvalue weighted by molar-refractivity contribution is -0.138. The predicted molar refractivity (Wildman–Crippen MR) is 145 cm³/mol. The fraction of sp³-hybridized carbons (Fsp3) is 0.556. The molecule has 39 heavy (non-hydrogen) atoms. The van der Waals surface area contributed by atoms with Crippen molar-refractivity contribution in [2.45, 2.75) is 96.7 Å². The van der Waals surface area contributed by atoms with Crippen molar-refractivity contribution >= 4 is 33.7 Å². The molecule has 0 radical (unpaired) electrons. The van der Waals surface area contributed by atoms with Gasteiger partial charge in [-0.3, -0.25) is 19.0 Å². The average molecular weight is 612 g/mol. The second-order valence-electron chi connectivity index (χ2n) is 10.7. The number of halogens is 4. The Morgan fingerprint density at radius 1 is 1.15 bits per heavy atom. The van der Waals surface area contributed by atoms with E-state index in [9.17, 15) is 27.6 Å². The van der Waals surface area contributed by atoms with Crippen LogP contribution in [0.15, 0.2) is 27.5 Å². The highest BCUT2D eigenvalue weighted by Gasteiger charge is 2.36. The van der Waals surface area contributed by atoms with Crippen molar-refractivity contribution in [1.82, 2.24) is 19.8 Å². The number of rotatable bonds is 5. The maximum atomic E-state index is 13.8. The minimum absolute atomic E-state index is 0.0132. The summed E-state index contributed by atoms with van der Waals surface area (Å²) in [6.45, 7) is 7.17. The van der Waals surface area contributed by atoms with Crippen LogP contribution in [0.1, 0.15) is 86.6 Å². The number of anilines is 1. The Labute approximate surface area is 233 Å². The molecule has 0 spiro atoms. The van der Waals surface area contributed by atoms with E-state index in [2.05, 4.69) is 26.6 Å². The molecule has 2 aromatic rings. The van der Waals surface area contributed by atoms with Crippen LogP contribution in [0.3, 0.4) is 0 Å². The molecule has 1 fully saturated rings. The second kappa shape index (κ2) is 11.3. The number of hydrogen-bond donors (Lipinski definition) is 2. The van der Waals surface area contributed by atoms with E-state index in [4.69, 9.17) is 4.98 Å². The number of carbonyl (C=O) groups is 2. The lowest BCUT2D eigenvalue weighted by Crippen LogP contribution is -2.47. The first-order chi connectivity index (χ1) is 18.3. The van der Waals surface area contributed by atoms with Gasteiger partial charge in [-0.2, -0.15) is 13.2 Å². The molecule has 1 atom stereocenters. The highest BCUT2D eigenvalue weighted by molar-refractivity contribution is 9.10. The van der Waals surface area contributed by atoms with Gasteiger partial charge in [-0.25, -0.2) is 4.98 Å². The number of aromatic nitrogens is 2. The van der Waals surface area contributed by atoms with Gasteiger partial charge in [0.25, 0.3) is 11.5 Å². The smallest absolute Gasteiger partial charge is 0.354 e. The summed E-state index contributed by atoms with van der Waals surface area (Å²) < 4.78 is 41.9. The fourth-order valence-electron chi connectivity index (χ4n) is 5.45. The van der Waals surface area contributed by atoms with Crippen molar-refractivity contribution in [1.29, 1.82) is 0 Å². The number of nitrogens with zero attached hydrogens (tertiary/aromatic N) is 3. The van der Waals surface area contributed by atoms with Crippen LogP contribution in [0.2, 0.25) is 0 Å². The molecule has 1 aromatic carbocycles. The standard InChI is InChI=1S/C27H33BrF3N5O3/c1-14(2)32-26-34-23-13-35(24(38)17-5-10-22(28)21(12-17)27(29,30)31)15(3)11-20(23)25(39)36(26)19-8-6-18(7-9-19)33-16(4)37/h5,10,12,14-15,18-19H,6-9,11,13H2,1-4H3,(H,32,34)(H,33,37)/t15-,18-,19-/m1/s1. The summed E-state index contributed by atoms with van der Waals surface area (Å²) in [7, 11) is 0. The Morgan fingerprint density at radius 3 is 2.41 bits per heavy atom. The van der Waals surface area contributed by atoms with E-state index in [1.165, 1.54) is 24.0 Å². The van der Waals surface area contributed by atoms with Gasteiger partial charge in [0.2, 0.25) is 11.9 Å². The van der Waals surface area contributed by atoms with Crippen LogP contribution in [0.25, 0.3) is 0 Å². The molecule has 1 aromatic heterocycles. The third-order valence-electron chi connectivity index (χ3n) is 7.31. The molecule has 0 bridgehead atoms. The van der Waals surface area contributed by atoms with Crippen LogP contribution < -0.4 is 16.2 Å². The van der Waals surface area contributed by atoms with Crippen LogP contribution >= 0.6 is 15.9 Å². The molecule has 4 rings (SSSR count). The number of nitrogens with one attached hydrogen (secondary N) is 2. The molecule has 0 saturated heterocycles. The maximum absolute atomic E-state index is 13.8. The molecule has 212 valence electrons. The summed E-state index contributed by atoms with van der Waals surface area (Å²) in [5.74, 6) is -0.201. The van der Waals surface area contributed by atoms with Gasteiger partial charge in [-0.05, 0) is 71.1 Å². The lowest BCUT2D eigenvalue weighted by Gasteiger charge is -2.36. The van der Waals surface area contributed by atoms with Gasteiger partial charge in [-0.15, -0.1) is 0 Å². The van der Waals surface area contributed by atoms with Crippen molar-refractivity contribution in [3.05, 3.63) is 55.4 Å². The van der Waals surface area contributed by atoms with Crippen molar-refractivity contribution in [2.24, 2.45) is 0 Å². The summed E-state index contributed by atoms with van der Waals surface area (Å²) in [6.07, 6.45) is -1.44. The van der Waals surface area contributed by atoms with Gasteiger partial charge < -0.3 is 15.5 Å². The van der Waals surface area contributed by atoms with Gasteiger partial charge in [0, 0.05) is 46.7 Å². The molecule has 1 aliphatic heterocycles. The molecule has 2 aliphatic rings. The van der Waals surface area contributed by atoms with Crippen molar-refractivity contribution < 1.29 is 22.8 Å². The minimum atomic E-state index is -4.61. The third-order valence-corrected chi connectivity index (χ3v) is 8.00. The molecule has 1 saturated carbocycles. The molecular formula is C27H33BrF3N5O3. The Kier molecular flexibility index (Phi) is 8.44. The quantitative estimate of drug-likeness (QED) is 0.493. The highest BCUT2D eigenvalue weighted by atomic mass is 79.9. The summed E-state index contributed by atoms with van der Waals surface area (Å²) in [6, 6.07) is 3.01. The van der Waals surface area contributed by atoms with Gasteiger partial charge in [-0.1, -0.05) is 15.9 Å². The Hall–Kier alpha value is -2.89. The highest BCUT2D eigenvalue weighted by Crippen LogP contribution is 2.36. The first-order valence-electron chi connectivity index (χ1n) is 13.1. The molecular weight excluding hydrogens is 579 g/mol. The largest absolute Gasteiger partial charge is 0.417 e. The molecule has 8 nitrogen and oxygen atoms in total. The monoisotopic (exact) mass is 611 g/mol. The normalized spacial score (nSPS) is 21.5. The van der Waals surface area contributed by atoms with E-state index < -0.39 is 23.7 Å². The number of fused-ring (bicyclic) bond motifs is 1.